The highest BCUT2D eigenvalue weighted by Crippen LogP contribution is 2.59. The van der Waals surface area contributed by atoms with Gasteiger partial charge in [0.2, 0.25) is 0 Å². The number of pyridine rings is 3. The molecule has 6 fully saturated rings. The van der Waals surface area contributed by atoms with E-state index in [2.05, 4.69) is 113 Å². The lowest BCUT2D eigenvalue weighted by Gasteiger charge is -2.41. The van der Waals surface area contributed by atoms with Crippen LogP contribution in [0.3, 0.4) is 0 Å². The molecule has 18 rings (SSSR count). The number of carbonyl (C=O) groups excluding carboxylic acids is 3. The first-order chi connectivity index (χ1) is 45.8. The molecule has 7 atom stereocenters. The topological polar surface area (TPSA) is 226 Å². The molecule has 21 nitrogen and oxygen atoms in total. The lowest BCUT2D eigenvalue weighted by atomic mass is 9.97. The molecule has 6 aromatic heterocycles. The molecule has 3 saturated heterocycles. The van der Waals surface area contributed by atoms with Crippen molar-refractivity contribution >= 4 is 52.3 Å². The fraction of sp³-hybridized carbons (Fsp3) is 0.500. The van der Waals surface area contributed by atoms with Gasteiger partial charge < -0.3 is 30.7 Å². The zero-order valence-corrected chi connectivity index (χ0v) is 55.0. The number of anilines is 3. The van der Waals surface area contributed by atoms with E-state index in [9.17, 15) is 23.2 Å². The number of rotatable bonds is 15. The number of allylic oxidation sites excluding steroid dienone is 3. The lowest BCUT2D eigenvalue weighted by molar-refractivity contribution is 0.0796. The van der Waals surface area contributed by atoms with Crippen molar-refractivity contribution in [3.8, 4) is 0 Å². The largest absolute Gasteiger partial charge is 0.356 e. The number of aromatic nitrogens is 9. The van der Waals surface area contributed by atoms with E-state index in [1.54, 1.807) is 29.5 Å². The maximum absolute atomic E-state index is 13.5. The molecule has 95 heavy (non-hydrogen) atoms. The van der Waals surface area contributed by atoms with Gasteiger partial charge in [0.1, 0.15) is 17.5 Å². The molecule has 3 amide bonds. The van der Waals surface area contributed by atoms with Crippen molar-refractivity contribution in [3.63, 3.8) is 0 Å². The maximum Gasteiger partial charge on any atom is 0.258 e. The van der Waals surface area contributed by atoms with E-state index in [0.717, 1.165) is 158 Å². The van der Waals surface area contributed by atoms with Gasteiger partial charge in [0.25, 0.3) is 23.6 Å². The summed E-state index contributed by atoms with van der Waals surface area (Å²) in [5.41, 5.74) is 19.7. The average molecular weight is 1290 g/mol. The Bertz CT molecular complexity index is 4320. The van der Waals surface area contributed by atoms with Crippen molar-refractivity contribution in [2.24, 2.45) is 44.1 Å². The minimum absolute atomic E-state index is 0.0487. The second-order valence-electron chi connectivity index (χ2n) is 28.7. The third-order valence-electron chi connectivity index (χ3n) is 22.5. The number of nitrogens with zero attached hydrogens (tertiary/aromatic N) is 15. The molecular weight excluding hydrogens is 1200 g/mol. The van der Waals surface area contributed by atoms with Gasteiger partial charge in [0, 0.05) is 97.5 Å². The van der Waals surface area contributed by atoms with Crippen LogP contribution in [0.2, 0.25) is 0 Å². The van der Waals surface area contributed by atoms with Gasteiger partial charge in [-0.05, 0) is 179 Å². The summed E-state index contributed by atoms with van der Waals surface area (Å²) < 4.78 is 32.3. The first-order valence-electron chi connectivity index (χ1n) is 34.1. The van der Waals surface area contributed by atoms with E-state index in [0.29, 0.717) is 61.4 Å². The fourth-order valence-corrected chi connectivity index (χ4v) is 16.1. The van der Waals surface area contributed by atoms with Crippen LogP contribution in [0.5, 0.6) is 0 Å². The summed E-state index contributed by atoms with van der Waals surface area (Å²) in [7, 11) is 0. The van der Waals surface area contributed by atoms with Crippen LogP contribution in [0.25, 0.3) is 0 Å². The Morgan fingerprint density at radius 3 is 1.18 bits per heavy atom. The van der Waals surface area contributed by atoms with E-state index in [4.69, 9.17) is 9.97 Å². The van der Waals surface area contributed by atoms with Crippen molar-refractivity contribution in [2.75, 3.05) is 73.6 Å². The number of fused-ring (bicyclic) bond motifs is 2. The normalized spacial score (nSPS) is 25.5. The highest BCUT2D eigenvalue weighted by molar-refractivity contribution is 6.04. The fourth-order valence-electron chi connectivity index (χ4n) is 16.1. The minimum atomic E-state index is -2.49. The number of aliphatic imine (C=N–C) groups is 3. The lowest BCUT2D eigenvalue weighted by Crippen LogP contribution is -2.48. The second kappa shape index (κ2) is 23.7. The van der Waals surface area contributed by atoms with Gasteiger partial charge in [-0.3, -0.25) is 43.4 Å². The van der Waals surface area contributed by atoms with Crippen molar-refractivity contribution in [2.45, 2.75) is 143 Å². The van der Waals surface area contributed by atoms with Gasteiger partial charge in [0.05, 0.1) is 105 Å². The van der Waals surface area contributed by atoms with E-state index in [-0.39, 0.29) is 35.8 Å². The van der Waals surface area contributed by atoms with Gasteiger partial charge in [-0.15, -0.1) is 0 Å². The third kappa shape index (κ3) is 11.9. The standard InChI is InChI=1S/C24H26F2N6O.2C24H28N6O/c1-13-15(3-6-22(29-13)31-11-19-20(12-31)24(19,25)26)9-32-10-16(7-28-32)23(33)30-21-5-4-17-14(2)27-8-18(17)21;1-14-16(3-6-23(27-14)29-10-17-7-18(17)11-29)12-30-13-19(8-26-30)24(31)28-22-5-4-20-15(2)25-9-21(20)22;1-15-17(3-6-22(27-15)29-13-24(14-29)7-8-24)11-30-12-18(9-26-30)23(31)28-21-5-4-19-16(2)25-10-20(19)21/h3,6-7,10,19-21H,4-5,8-9,11-12H2,1-2H3,(H,30,33);3,6,8,13,17-18,22H,4-5,7,9-12H2,1-2H3,(H,28,31);3,6,9,12,21H,4-5,7-8,10-11,13-14H2,1-2H3,(H,28,31)/t19?,20?,21-;17?,18?,22-;21-/m111/s1. The number of carbonyl (C=O) groups is 3. The highest BCUT2D eigenvalue weighted by atomic mass is 19.3. The van der Waals surface area contributed by atoms with Gasteiger partial charge in [-0.1, -0.05) is 18.2 Å². The summed E-state index contributed by atoms with van der Waals surface area (Å²) in [5, 5.41) is 22.7. The molecule has 12 heterocycles. The van der Waals surface area contributed by atoms with Crippen LogP contribution in [0.4, 0.5) is 26.2 Å². The van der Waals surface area contributed by atoms with Crippen molar-refractivity contribution in [1.82, 2.24) is 60.2 Å². The molecule has 6 aliphatic heterocycles. The third-order valence-corrected chi connectivity index (χ3v) is 22.5. The summed E-state index contributed by atoms with van der Waals surface area (Å²) in [5.74, 6) is 0.919. The Morgan fingerprint density at radius 1 is 0.484 bits per heavy atom. The monoisotopic (exact) mass is 1280 g/mol. The quantitative estimate of drug-likeness (QED) is 0.0878. The van der Waals surface area contributed by atoms with Crippen molar-refractivity contribution < 1.29 is 23.2 Å². The van der Waals surface area contributed by atoms with Crippen LogP contribution in [0.15, 0.2) is 122 Å². The van der Waals surface area contributed by atoms with Crippen molar-refractivity contribution in [3.05, 3.63) is 157 Å². The van der Waals surface area contributed by atoms with Crippen LogP contribution in [0.1, 0.15) is 143 Å². The van der Waals surface area contributed by atoms with E-state index >= 15 is 0 Å². The van der Waals surface area contributed by atoms with Crippen LogP contribution in [-0.4, -0.2) is 162 Å². The second-order valence-corrected chi connectivity index (χ2v) is 28.7. The molecule has 23 heteroatoms. The molecule has 3 saturated carbocycles. The molecular formula is C72H82F2N18O3. The van der Waals surface area contributed by atoms with Gasteiger partial charge in [-0.2, -0.15) is 15.3 Å². The molecule has 0 aromatic carbocycles. The molecule has 12 aliphatic rings. The number of hydrogen-bond acceptors (Lipinski definition) is 15. The number of piperidine rings is 2. The molecule has 6 aromatic rings. The van der Waals surface area contributed by atoms with E-state index < -0.39 is 17.8 Å². The number of hydrogen-bond donors (Lipinski definition) is 3. The molecule has 0 bridgehead atoms. The van der Waals surface area contributed by atoms with E-state index in [1.807, 2.05) is 52.6 Å². The highest BCUT2D eigenvalue weighted by Gasteiger charge is 2.72. The Labute approximate surface area is 551 Å². The number of halogens is 2. The summed E-state index contributed by atoms with van der Waals surface area (Å²) in [6, 6.07) is 12.6. The number of aryl methyl sites for hydroxylation is 3. The number of amides is 3. The summed E-state index contributed by atoms with van der Waals surface area (Å²) >= 11 is 0. The zero-order chi connectivity index (χ0) is 65.2. The minimum Gasteiger partial charge on any atom is -0.356 e. The van der Waals surface area contributed by atoms with Crippen molar-refractivity contribution in [1.29, 1.82) is 0 Å². The predicted molar refractivity (Wildman–Crippen MR) is 359 cm³/mol. The zero-order valence-electron chi connectivity index (χ0n) is 55.0. The average Bonchev–Trinajstić information content (AvgIpc) is 1.55. The Balaban J connectivity index is 0.000000112. The Hall–Kier alpha value is -9.02. The predicted octanol–water partition coefficient (Wildman–Crippen LogP) is 8.65. The Kier molecular flexibility index (Phi) is 15.2. The first kappa shape index (κ1) is 60.9. The first-order valence-corrected chi connectivity index (χ1v) is 34.1. The summed E-state index contributed by atoms with van der Waals surface area (Å²) in [6.45, 7) is 21.4. The molecule has 3 N–H and O–H groups in total. The molecule has 1 spiro atoms. The van der Waals surface area contributed by atoms with Crippen LogP contribution < -0.4 is 30.7 Å². The summed E-state index contributed by atoms with van der Waals surface area (Å²) in [4.78, 5) is 72.9. The van der Waals surface area contributed by atoms with Gasteiger partial charge >= 0.3 is 0 Å². The van der Waals surface area contributed by atoms with Gasteiger partial charge in [0.15, 0.2) is 0 Å². The van der Waals surface area contributed by atoms with E-state index in [1.165, 1.54) is 52.7 Å². The van der Waals surface area contributed by atoms with Crippen LogP contribution >= 0.6 is 0 Å². The Morgan fingerprint density at radius 2 is 0.832 bits per heavy atom. The smallest absolute Gasteiger partial charge is 0.258 e. The van der Waals surface area contributed by atoms with Crippen LogP contribution in [0, 0.1) is 49.9 Å². The number of alkyl halides is 2. The molecule has 4 unspecified atom stereocenters. The van der Waals surface area contributed by atoms with Crippen LogP contribution in [-0.2, 0) is 19.6 Å². The summed E-state index contributed by atoms with van der Waals surface area (Å²) in [6.07, 6.45) is 20.3. The molecule has 492 valence electrons. The number of nitrogens with one attached hydrogen (secondary N) is 3. The molecule has 0 radical (unpaired) electrons. The molecule has 6 aliphatic carbocycles. The maximum atomic E-state index is 13.5. The SMILES string of the molecule is CC1=NCC2=C1CC[C@H]2NC(=O)c1cnn(Cc2ccc(N3CC4(CC4)C3)nc2C)c1.CC1=NCC2=C1CC[C@H]2NC(=O)c1cnn(Cc2ccc(N3CC4C(C3)C4(F)F)nc2C)c1.CC1=NCC2=C1CC[C@H]2NC(=O)c1cnn(Cc2ccc(N3CC4CC4C3)nc2C)c1. The van der Waals surface area contributed by atoms with Gasteiger partial charge in [-0.25, -0.2) is 23.7 Å².